The summed E-state index contributed by atoms with van der Waals surface area (Å²) in [6.45, 7) is -0.563. The standard InChI is InChI=1S/C42H51N3O14/c46-15-14-43-37(51)24-8-3-5-22(17-24)19-44-40(53)41-18-28-33-34(58-42(57-33,26-10-11-26)27-12-13-27)36(41)59-45(35(41)38(52)55-28)20-25-7-2-1-6-23(25)9-4-16-54-39-32(50)31(49)30(48)29(21-47)56-39/h1-9,17,26-36,39,46-50H,10-16,18-21H2,(H,43,51)(H,44,53). The van der Waals surface area contributed by atoms with Crippen molar-refractivity contribution in [3.63, 3.8) is 0 Å². The van der Waals surface area contributed by atoms with Crippen LogP contribution in [0.1, 0.15) is 59.2 Å². The van der Waals surface area contributed by atoms with Crippen LogP contribution in [0, 0.1) is 17.3 Å². The van der Waals surface area contributed by atoms with Crippen LogP contribution < -0.4 is 10.6 Å². The molecule has 2 aromatic carbocycles. The molecule has 318 valence electrons. The Morgan fingerprint density at radius 3 is 2.44 bits per heavy atom. The van der Waals surface area contributed by atoms with Crippen LogP contribution in [0.25, 0.3) is 6.08 Å². The molecule has 0 radical (unpaired) electrons. The van der Waals surface area contributed by atoms with Gasteiger partial charge in [-0.15, -0.1) is 0 Å². The van der Waals surface area contributed by atoms with E-state index in [1.54, 1.807) is 36.4 Å². The summed E-state index contributed by atoms with van der Waals surface area (Å²) in [5.74, 6) is -1.72. The normalized spacial score (nSPS) is 36.0. The third kappa shape index (κ3) is 7.29. The number of nitrogens with one attached hydrogen (secondary N) is 2. The van der Waals surface area contributed by atoms with E-state index in [9.17, 15) is 34.8 Å². The van der Waals surface area contributed by atoms with Crippen molar-refractivity contribution in [1.29, 1.82) is 0 Å². The molecule has 0 spiro atoms. The van der Waals surface area contributed by atoms with E-state index in [4.69, 9.17) is 33.6 Å². The lowest BCUT2D eigenvalue weighted by Crippen LogP contribution is -2.69. The van der Waals surface area contributed by atoms with Crippen molar-refractivity contribution in [1.82, 2.24) is 15.7 Å². The topological polar surface area (TPSA) is 235 Å². The number of hydrogen-bond donors (Lipinski definition) is 7. The molecule has 2 amide bonds. The maximum absolute atomic E-state index is 14.9. The molecule has 59 heavy (non-hydrogen) atoms. The van der Waals surface area contributed by atoms with Gasteiger partial charge in [0.2, 0.25) is 5.91 Å². The van der Waals surface area contributed by atoms with E-state index in [-0.39, 0.29) is 57.0 Å². The lowest BCUT2D eigenvalue weighted by molar-refractivity contribution is -0.298. The molecule has 3 aliphatic carbocycles. The van der Waals surface area contributed by atoms with Crippen LogP contribution in [-0.2, 0) is 51.2 Å². The van der Waals surface area contributed by atoms with Crippen molar-refractivity contribution < 1.29 is 68.4 Å². The highest BCUT2D eigenvalue weighted by molar-refractivity contribution is 5.95. The average molecular weight is 822 g/mol. The molecule has 17 nitrogen and oxygen atoms in total. The predicted octanol–water partition coefficient (Wildman–Crippen LogP) is -0.345. The molecule has 9 rings (SSSR count). The van der Waals surface area contributed by atoms with E-state index in [2.05, 4.69) is 10.6 Å². The van der Waals surface area contributed by atoms with Gasteiger partial charge in [-0.25, -0.2) is 0 Å². The number of carbonyl (C=O) groups is 3. The Bertz CT molecular complexity index is 1930. The monoisotopic (exact) mass is 821 g/mol. The molecule has 4 saturated heterocycles. The number of aliphatic hydroxyl groups excluding tert-OH is 5. The molecule has 4 aliphatic heterocycles. The molecule has 7 N–H and O–H groups in total. The van der Waals surface area contributed by atoms with Gasteiger partial charge in [-0.3, -0.25) is 19.2 Å². The summed E-state index contributed by atoms with van der Waals surface area (Å²) in [5, 5.41) is 56.5. The summed E-state index contributed by atoms with van der Waals surface area (Å²) < 4.78 is 31.1. The zero-order valence-electron chi connectivity index (χ0n) is 32.3. The van der Waals surface area contributed by atoms with E-state index < -0.39 is 90.8 Å². The van der Waals surface area contributed by atoms with Gasteiger partial charge in [0.1, 0.15) is 54.2 Å². The Morgan fingerprint density at radius 1 is 0.932 bits per heavy atom. The van der Waals surface area contributed by atoms with E-state index >= 15 is 0 Å². The number of aliphatic hydroxyl groups is 5. The van der Waals surface area contributed by atoms with Gasteiger partial charge in [0.25, 0.3) is 5.91 Å². The lowest BCUT2D eigenvalue weighted by Gasteiger charge is -2.48. The van der Waals surface area contributed by atoms with E-state index in [1.165, 1.54) is 5.06 Å². The van der Waals surface area contributed by atoms with Crippen LogP contribution in [0.2, 0.25) is 0 Å². The molecular formula is C42H51N3O14. The van der Waals surface area contributed by atoms with Crippen molar-refractivity contribution >= 4 is 23.9 Å². The first kappa shape index (κ1) is 40.6. The molecule has 17 heteroatoms. The van der Waals surface area contributed by atoms with Gasteiger partial charge in [-0.2, -0.15) is 5.06 Å². The molecule has 3 saturated carbocycles. The highest BCUT2D eigenvalue weighted by atomic mass is 16.8. The number of nitrogens with zero attached hydrogens (tertiary/aromatic N) is 1. The quantitative estimate of drug-likeness (QED) is 0.114. The van der Waals surface area contributed by atoms with Gasteiger partial charge in [-0.1, -0.05) is 48.6 Å². The maximum Gasteiger partial charge on any atom is 0.327 e. The minimum absolute atomic E-state index is 0.0562. The van der Waals surface area contributed by atoms with Crippen molar-refractivity contribution in [3.8, 4) is 0 Å². The predicted molar refractivity (Wildman–Crippen MR) is 202 cm³/mol. The first-order valence-electron chi connectivity index (χ1n) is 20.5. The summed E-state index contributed by atoms with van der Waals surface area (Å²) in [7, 11) is 0. The third-order valence-corrected chi connectivity index (χ3v) is 12.8. The largest absolute Gasteiger partial charge is 0.458 e. The highest BCUT2D eigenvalue weighted by Gasteiger charge is 2.78. The number of fused-ring (bicyclic) bond motifs is 4. The molecular weight excluding hydrogens is 770 g/mol. The van der Waals surface area contributed by atoms with Gasteiger partial charge in [-0.05, 0) is 54.5 Å². The second-order valence-corrected chi connectivity index (χ2v) is 16.7. The minimum atomic E-state index is -1.57. The molecule has 2 aromatic rings. The number of hydroxylamine groups is 2. The molecule has 7 aliphatic rings. The van der Waals surface area contributed by atoms with Gasteiger partial charge < -0.3 is 59.9 Å². The number of hydrogen-bond acceptors (Lipinski definition) is 15. The first-order chi connectivity index (χ1) is 28.6. The van der Waals surface area contributed by atoms with Crippen LogP contribution in [0.5, 0.6) is 0 Å². The number of amides is 2. The summed E-state index contributed by atoms with van der Waals surface area (Å²) in [6.07, 6.45) is -2.40. The Labute approximate surface area is 340 Å². The van der Waals surface area contributed by atoms with Crippen LogP contribution in [0.15, 0.2) is 54.6 Å². The molecule has 2 bridgehead atoms. The van der Waals surface area contributed by atoms with Gasteiger partial charge in [0.05, 0.1) is 26.4 Å². The number of carbonyl (C=O) groups excluding carboxylic acids is 3. The van der Waals surface area contributed by atoms with Crippen molar-refractivity contribution in [2.45, 2.75) is 112 Å². The first-order valence-corrected chi connectivity index (χ1v) is 20.5. The van der Waals surface area contributed by atoms with E-state index in [0.717, 1.165) is 36.8 Å². The summed E-state index contributed by atoms with van der Waals surface area (Å²) in [6, 6.07) is 13.1. The van der Waals surface area contributed by atoms with Crippen LogP contribution in [0.4, 0.5) is 0 Å². The fraction of sp³-hybridized carbons (Fsp3) is 0.595. The Morgan fingerprint density at radius 2 is 1.69 bits per heavy atom. The molecule has 11 atom stereocenters. The minimum Gasteiger partial charge on any atom is -0.458 e. The third-order valence-electron chi connectivity index (χ3n) is 12.8. The molecule has 4 heterocycles. The Hall–Kier alpha value is -3.85. The summed E-state index contributed by atoms with van der Waals surface area (Å²) >= 11 is 0. The lowest BCUT2D eigenvalue weighted by atomic mass is 9.62. The Balaban J connectivity index is 0.969. The van der Waals surface area contributed by atoms with Gasteiger partial charge >= 0.3 is 5.97 Å². The van der Waals surface area contributed by atoms with Crippen LogP contribution in [-0.4, -0.2) is 142 Å². The zero-order valence-corrected chi connectivity index (χ0v) is 32.3. The summed E-state index contributed by atoms with van der Waals surface area (Å²) in [4.78, 5) is 48.5. The second-order valence-electron chi connectivity index (χ2n) is 16.7. The fourth-order valence-corrected chi connectivity index (χ4v) is 9.65. The molecule has 0 aromatic heterocycles. The van der Waals surface area contributed by atoms with Crippen LogP contribution >= 0.6 is 0 Å². The number of ether oxygens (including phenoxy) is 5. The maximum atomic E-state index is 14.9. The van der Waals surface area contributed by atoms with E-state index in [1.807, 2.05) is 24.3 Å². The Kier molecular flexibility index (Phi) is 11.1. The number of rotatable bonds is 15. The van der Waals surface area contributed by atoms with E-state index in [0.29, 0.717) is 11.1 Å². The van der Waals surface area contributed by atoms with Gasteiger partial charge in [0, 0.05) is 36.9 Å². The fourth-order valence-electron chi connectivity index (χ4n) is 9.65. The highest BCUT2D eigenvalue weighted by Crippen LogP contribution is 2.63. The smallest absolute Gasteiger partial charge is 0.327 e. The number of esters is 1. The van der Waals surface area contributed by atoms with Crippen molar-refractivity contribution in [2.24, 2.45) is 17.3 Å². The zero-order chi connectivity index (χ0) is 41.1. The SMILES string of the molecule is O=C(NCCO)c1cccc(CNC(=O)C23CC4OC(=O)C2N(Cc2ccccc2C=CCOC2OC(CO)C(O)C(O)C2O)OC3C2OC(C3CC3)(C3CC3)OC42)c1. The molecule has 11 unspecified atom stereocenters. The summed E-state index contributed by atoms with van der Waals surface area (Å²) in [5.41, 5.74) is 1.13. The van der Waals surface area contributed by atoms with Crippen molar-refractivity contribution in [3.05, 3.63) is 76.9 Å². The number of benzene rings is 2. The van der Waals surface area contributed by atoms with Gasteiger partial charge in [0.15, 0.2) is 18.1 Å². The van der Waals surface area contributed by atoms with Crippen LogP contribution in [0.3, 0.4) is 0 Å². The molecule has 7 fully saturated rings. The average Bonchev–Trinajstić information content (AvgIpc) is 4.20. The second kappa shape index (κ2) is 16.2. The van der Waals surface area contributed by atoms with Crippen molar-refractivity contribution in [2.75, 3.05) is 26.4 Å².